The molecule has 0 saturated heterocycles. The molecule has 1 amide bonds. The minimum Gasteiger partial charge on any atom is -0.353 e. The van der Waals surface area contributed by atoms with E-state index in [1.807, 2.05) is 36.4 Å². The standard InChI is InChI=1S/C31H27N7O/c39-31(20-5-2-1-3-6-20)34-22-15-21(17-33-18-22)25-9-10-27-29(36-25)30(38-37-27)28-16-24-23(7-4-8-26(24)35-28)19-11-13-32-14-12-19/h4,7-18,20,35H,1-3,5-6H2,(H,34,39)(H,37,38). The van der Waals surface area contributed by atoms with E-state index in [9.17, 15) is 4.79 Å². The molecule has 0 atom stereocenters. The number of hydrogen-bond donors (Lipinski definition) is 3. The van der Waals surface area contributed by atoms with Crippen molar-refractivity contribution >= 4 is 33.5 Å². The van der Waals surface area contributed by atoms with Crippen LogP contribution in [0.3, 0.4) is 0 Å². The zero-order chi connectivity index (χ0) is 26.2. The highest BCUT2D eigenvalue weighted by atomic mass is 16.1. The Kier molecular flexibility index (Phi) is 5.85. The van der Waals surface area contributed by atoms with E-state index in [4.69, 9.17) is 4.98 Å². The highest BCUT2D eigenvalue weighted by Crippen LogP contribution is 2.34. The van der Waals surface area contributed by atoms with Crippen molar-refractivity contribution in [3.05, 3.63) is 79.4 Å². The third-order valence-corrected chi connectivity index (χ3v) is 7.60. The largest absolute Gasteiger partial charge is 0.353 e. The van der Waals surface area contributed by atoms with Gasteiger partial charge in [0.05, 0.1) is 28.8 Å². The molecule has 1 aromatic carbocycles. The molecule has 0 spiro atoms. The maximum atomic E-state index is 12.8. The summed E-state index contributed by atoms with van der Waals surface area (Å²) in [7, 11) is 0. The molecule has 39 heavy (non-hydrogen) atoms. The van der Waals surface area contributed by atoms with Gasteiger partial charge >= 0.3 is 0 Å². The first-order valence-corrected chi connectivity index (χ1v) is 13.4. The third kappa shape index (κ3) is 4.44. The van der Waals surface area contributed by atoms with Gasteiger partial charge in [-0.1, -0.05) is 31.4 Å². The van der Waals surface area contributed by atoms with E-state index in [0.29, 0.717) is 5.69 Å². The van der Waals surface area contributed by atoms with Crippen LogP contribution in [0.4, 0.5) is 5.69 Å². The molecular formula is C31H27N7O. The molecule has 0 aliphatic heterocycles. The molecule has 3 N–H and O–H groups in total. The predicted octanol–water partition coefficient (Wildman–Crippen LogP) is 6.75. The first-order chi connectivity index (χ1) is 19.2. The predicted molar refractivity (Wildman–Crippen MR) is 153 cm³/mol. The summed E-state index contributed by atoms with van der Waals surface area (Å²) in [5.74, 6) is 0.167. The second kappa shape index (κ2) is 9.79. The lowest BCUT2D eigenvalue weighted by molar-refractivity contribution is -0.120. The molecule has 6 aromatic rings. The molecule has 8 nitrogen and oxygen atoms in total. The van der Waals surface area contributed by atoms with Crippen molar-refractivity contribution in [1.82, 2.24) is 30.1 Å². The van der Waals surface area contributed by atoms with Gasteiger partial charge in [-0.05, 0) is 66.4 Å². The minimum atomic E-state index is 0.0825. The number of rotatable bonds is 5. The number of nitrogens with zero attached hydrogens (tertiary/aromatic N) is 4. The number of aromatic amines is 2. The molecule has 5 aromatic heterocycles. The molecule has 1 saturated carbocycles. The summed E-state index contributed by atoms with van der Waals surface area (Å²) < 4.78 is 0. The van der Waals surface area contributed by atoms with Crippen LogP contribution in [0.15, 0.2) is 79.4 Å². The molecule has 5 heterocycles. The molecule has 8 heteroatoms. The molecule has 0 unspecified atom stereocenters. The number of carbonyl (C=O) groups excluding carboxylic acids is 1. The summed E-state index contributed by atoms with van der Waals surface area (Å²) in [5.41, 5.74) is 8.79. The Hall–Kier alpha value is -4.85. The summed E-state index contributed by atoms with van der Waals surface area (Å²) in [4.78, 5) is 29.8. The molecule has 1 aliphatic rings. The van der Waals surface area contributed by atoms with Crippen LogP contribution >= 0.6 is 0 Å². The van der Waals surface area contributed by atoms with Crippen molar-refractivity contribution < 1.29 is 4.79 Å². The van der Waals surface area contributed by atoms with Crippen LogP contribution < -0.4 is 5.32 Å². The second-order valence-electron chi connectivity index (χ2n) is 10.1. The zero-order valence-corrected chi connectivity index (χ0v) is 21.3. The average molecular weight is 514 g/mol. The lowest BCUT2D eigenvalue weighted by Gasteiger charge is -2.20. The molecule has 0 radical (unpaired) electrons. The Morgan fingerprint density at radius 3 is 2.62 bits per heavy atom. The second-order valence-corrected chi connectivity index (χ2v) is 10.1. The molecule has 0 bridgehead atoms. The Morgan fingerprint density at radius 2 is 1.74 bits per heavy atom. The van der Waals surface area contributed by atoms with E-state index < -0.39 is 0 Å². The normalized spacial score (nSPS) is 14.2. The maximum absolute atomic E-state index is 12.8. The number of nitrogens with one attached hydrogen (secondary N) is 3. The van der Waals surface area contributed by atoms with Gasteiger partial charge in [0.2, 0.25) is 5.91 Å². The number of anilines is 1. The fourth-order valence-corrected chi connectivity index (χ4v) is 5.57. The lowest BCUT2D eigenvalue weighted by Crippen LogP contribution is -2.24. The summed E-state index contributed by atoms with van der Waals surface area (Å²) in [6.45, 7) is 0. The summed E-state index contributed by atoms with van der Waals surface area (Å²) >= 11 is 0. The van der Waals surface area contributed by atoms with Gasteiger partial charge in [0.1, 0.15) is 11.2 Å². The number of H-pyrrole nitrogens is 2. The van der Waals surface area contributed by atoms with E-state index >= 15 is 0 Å². The Morgan fingerprint density at radius 1 is 0.872 bits per heavy atom. The van der Waals surface area contributed by atoms with Crippen LogP contribution in [0.25, 0.3) is 55.7 Å². The summed E-state index contributed by atoms with van der Waals surface area (Å²) in [6.07, 6.45) is 12.4. The molecule has 1 aliphatic carbocycles. The number of fused-ring (bicyclic) bond motifs is 2. The zero-order valence-electron chi connectivity index (χ0n) is 21.3. The number of carbonyl (C=O) groups is 1. The van der Waals surface area contributed by atoms with E-state index in [1.165, 1.54) is 6.42 Å². The van der Waals surface area contributed by atoms with Gasteiger partial charge in [0.25, 0.3) is 0 Å². The highest BCUT2D eigenvalue weighted by molar-refractivity contribution is 6.00. The molecule has 1 fully saturated rings. The summed E-state index contributed by atoms with van der Waals surface area (Å²) in [5, 5.41) is 11.9. The topological polar surface area (TPSA) is 112 Å². The Balaban J connectivity index is 1.23. The van der Waals surface area contributed by atoms with Gasteiger partial charge < -0.3 is 10.3 Å². The van der Waals surface area contributed by atoms with Gasteiger partial charge in [0, 0.05) is 41.0 Å². The van der Waals surface area contributed by atoms with Crippen LogP contribution in [0.5, 0.6) is 0 Å². The van der Waals surface area contributed by atoms with Gasteiger partial charge in [-0.3, -0.25) is 19.9 Å². The first-order valence-electron chi connectivity index (χ1n) is 13.4. The third-order valence-electron chi connectivity index (χ3n) is 7.60. The molecular weight excluding hydrogens is 486 g/mol. The van der Waals surface area contributed by atoms with Gasteiger partial charge in [-0.15, -0.1) is 0 Å². The van der Waals surface area contributed by atoms with E-state index in [-0.39, 0.29) is 11.8 Å². The van der Waals surface area contributed by atoms with Crippen molar-refractivity contribution in [2.24, 2.45) is 5.92 Å². The number of hydrogen-bond acceptors (Lipinski definition) is 5. The van der Waals surface area contributed by atoms with E-state index in [0.717, 1.165) is 81.4 Å². The minimum absolute atomic E-state index is 0.0825. The van der Waals surface area contributed by atoms with Crippen LogP contribution in [0, 0.1) is 5.92 Å². The highest BCUT2D eigenvalue weighted by Gasteiger charge is 2.21. The lowest BCUT2D eigenvalue weighted by atomic mass is 9.88. The van der Waals surface area contributed by atoms with Gasteiger partial charge in [0.15, 0.2) is 0 Å². The fourth-order valence-electron chi connectivity index (χ4n) is 5.57. The molecule has 192 valence electrons. The maximum Gasteiger partial charge on any atom is 0.227 e. The smallest absolute Gasteiger partial charge is 0.227 e. The average Bonchev–Trinajstić information content (AvgIpc) is 3.62. The number of amides is 1. The molecule has 7 rings (SSSR count). The van der Waals surface area contributed by atoms with Crippen LogP contribution in [0.1, 0.15) is 32.1 Å². The Bertz CT molecular complexity index is 1800. The van der Waals surface area contributed by atoms with Crippen molar-refractivity contribution in [3.63, 3.8) is 0 Å². The van der Waals surface area contributed by atoms with Crippen molar-refractivity contribution in [3.8, 4) is 33.8 Å². The van der Waals surface area contributed by atoms with Gasteiger partial charge in [-0.2, -0.15) is 5.10 Å². The van der Waals surface area contributed by atoms with E-state index in [1.54, 1.807) is 24.8 Å². The quantitative estimate of drug-likeness (QED) is 0.236. The summed E-state index contributed by atoms with van der Waals surface area (Å²) in [6, 6.07) is 18.2. The SMILES string of the molecule is O=C(Nc1cncc(-c2ccc3[nH]nc(-c4cc5c(-c6ccncc6)cccc5[nH]4)c3n2)c1)C1CCCCC1. The van der Waals surface area contributed by atoms with Crippen molar-refractivity contribution in [2.75, 3.05) is 5.32 Å². The van der Waals surface area contributed by atoms with Crippen LogP contribution in [-0.4, -0.2) is 36.0 Å². The number of pyridine rings is 3. The van der Waals surface area contributed by atoms with Gasteiger partial charge in [-0.25, -0.2) is 4.98 Å². The fraction of sp³-hybridized carbons (Fsp3) is 0.194. The number of benzene rings is 1. The Labute approximate surface area is 224 Å². The van der Waals surface area contributed by atoms with Crippen molar-refractivity contribution in [2.45, 2.75) is 32.1 Å². The van der Waals surface area contributed by atoms with E-state index in [2.05, 4.69) is 48.7 Å². The van der Waals surface area contributed by atoms with Crippen LogP contribution in [-0.2, 0) is 4.79 Å². The van der Waals surface area contributed by atoms with Crippen LogP contribution in [0.2, 0.25) is 0 Å². The number of aromatic nitrogens is 6. The monoisotopic (exact) mass is 513 g/mol. The first kappa shape index (κ1) is 23.3. The van der Waals surface area contributed by atoms with Crippen molar-refractivity contribution in [1.29, 1.82) is 0 Å².